The fourth-order valence-electron chi connectivity index (χ4n) is 7.28. The van der Waals surface area contributed by atoms with Crippen LogP contribution in [0.4, 0.5) is 10.1 Å². The quantitative estimate of drug-likeness (QED) is 0.263. The van der Waals surface area contributed by atoms with Crippen LogP contribution in [0.25, 0.3) is 10.9 Å². The summed E-state index contributed by atoms with van der Waals surface area (Å²) >= 11 is 12.8. The molecule has 3 N–H and O–H groups in total. The lowest BCUT2D eigenvalue weighted by atomic mass is 9.73. The number of nitrogens with zero attached hydrogens (tertiary/aromatic N) is 1. The zero-order chi connectivity index (χ0) is 28.9. The van der Waals surface area contributed by atoms with Crippen molar-refractivity contribution < 1.29 is 18.8 Å². The minimum atomic E-state index is -0.535. The number of amides is 3. The average Bonchev–Trinajstić information content (AvgIpc) is 3.64. The molecule has 0 radical (unpaired) electrons. The van der Waals surface area contributed by atoms with Crippen molar-refractivity contribution in [3.63, 3.8) is 0 Å². The Labute approximate surface area is 248 Å². The summed E-state index contributed by atoms with van der Waals surface area (Å²) in [4.78, 5) is 37.8. The van der Waals surface area contributed by atoms with Crippen molar-refractivity contribution in [3.05, 3.63) is 64.0 Å². The number of rotatable bonds is 8. The molecule has 1 atom stereocenters. The molecular weight excluding hydrogens is 566 g/mol. The largest absolute Gasteiger partial charge is 0.352 e. The first kappa shape index (κ1) is 28.0. The van der Waals surface area contributed by atoms with Crippen LogP contribution < -0.4 is 16.0 Å². The molecule has 3 aliphatic carbocycles. The lowest BCUT2D eigenvalue weighted by Gasteiger charge is -2.41. The molecule has 3 amide bonds. The number of carbonyl (C=O) groups excluding carboxylic acids is 3. The molecule has 1 aromatic heterocycles. The molecule has 0 spiro atoms. The Balaban J connectivity index is 1.09. The van der Waals surface area contributed by atoms with Gasteiger partial charge >= 0.3 is 0 Å². The fourth-order valence-corrected chi connectivity index (χ4v) is 7.71. The summed E-state index contributed by atoms with van der Waals surface area (Å²) < 4.78 is 17.0. The predicted molar refractivity (Wildman–Crippen MR) is 157 cm³/mol. The highest BCUT2D eigenvalue weighted by molar-refractivity contribution is 6.42. The Morgan fingerprint density at radius 2 is 1.85 bits per heavy atom. The molecule has 0 unspecified atom stereocenters. The lowest BCUT2D eigenvalue weighted by molar-refractivity contribution is -0.132. The number of fused-ring (bicyclic) bond motifs is 3. The highest BCUT2D eigenvalue weighted by Crippen LogP contribution is 2.61. The lowest BCUT2D eigenvalue weighted by Crippen LogP contribution is -2.51. The van der Waals surface area contributed by atoms with Crippen LogP contribution in [0.5, 0.6) is 0 Å². The summed E-state index contributed by atoms with van der Waals surface area (Å²) in [5, 5.41) is 10.3. The Kier molecular flexibility index (Phi) is 7.49. The second kappa shape index (κ2) is 11.0. The third-order valence-corrected chi connectivity index (χ3v) is 10.2. The van der Waals surface area contributed by atoms with Gasteiger partial charge in [0, 0.05) is 36.0 Å². The van der Waals surface area contributed by atoms with Gasteiger partial charge in [0.25, 0.3) is 0 Å². The smallest absolute Gasteiger partial charge is 0.240 e. The standard InChI is InChI=1S/C31H33Cl2FN4O3/c1-17(39)35-24-3-2-4-25-21(24)9-12-38(25)16-26(40)36-20-13-19(14-20)30(41)37-29(31-10-7-18(15-31)8-11-31)27-23(34)6-5-22(32)28(27)33/h2-6,9,12,18-20,29H,7-8,10-11,13-16H2,1H3,(H,35,39)(H,36,40)(H,37,41)/t18?,19?,20?,29-,31?/m1/s1. The molecule has 216 valence electrons. The van der Waals surface area contributed by atoms with E-state index in [1.54, 1.807) is 0 Å². The van der Waals surface area contributed by atoms with E-state index in [1.807, 2.05) is 35.0 Å². The van der Waals surface area contributed by atoms with Gasteiger partial charge in [0.2, 0.25) is 17.7 Å². The number of anilines is 1. The van der Waals surface area contributed by atoms with Crippen LogP contribution >= 0.6 is 23.2 Å². The fraction of sp³-hybridized carbons (Fsp3) is 0.452. The first-order valence-corrected chi connectivity index (χ1v) is 15.0. The van der Waals surface area contributed by atoms with Crippen molar-refractivity contribution in [3.8, 4) is 0 Å². The van der Waals surface area contributed by atoms with Gasteiger partial charge < -0.3 is 20.5 Å². The minimum absolute atomic E-state index is 0.111. The monoisotopic (exact) mass is 598 g/mol. The molecule has 7 nitrogen and oxygen atoms in total. The molecule has 3 aliphatic rings. The van der Waals surface area contributed by atoms with Gasteiger partial charge in [-0.2, -0.15) is 0 Å². The minimum Gasteiger partial charge on any atom is -0.352 e. The average molecular weight is 600 g/mol. The van der Waals surface area contributed by atoms with Crippen molar-refractivity contribution in [1.82, 2.24) is 15.2 Å². The Bertz CT molecular complexity index is 1530. The zero-order valence-electron chi connectivity index (χ0n) is 22.8. The van der Waals surface area contributed by atoms with Crippen molar-refractivity contribution in [2.75, 3.05) is 5.32 Å². The normalized spacial score (nSPS) is 25.5. The first-order valence-electron chi connectivity index (χ1n) is 14.2. The molecule has 2 bridgehead atoms. The van der Waals surface area contributed by atoms with E-state index in [-0.39, 0.29) is 51.7 Å². The Hall–Kier alpha value is -3.10. The second-order valence-electron chi connectivity index (χ2n) is 12.0. The summed E-state index contributed by atoms with van der Waals surface area (Å²) in [6, 6.07) is 9.56. The van der Waals surface area contributed by atoms with Crippen LogP contribution in [-0.2, 0) is 20.9 Å². The number of hydrogen-bond acceptors (Lipinski definition) is 3. The molecule has 41 heavy (non-hydrogen) atoms. The molecule has 6 rings (SSSR count). The van der Waals surface area contributed by atoms with Gasteiger partial charge in [-0.05, 0) is 86.6 Å². The molecule has 3 aromatic rings. The van der Waals surface area contributed by atoms with E-state index in [4.69, 9.17) is 23.2 Å². The van der Waals surface area contributed by atoms with Crippen molar-refractivity contribution in [1.29, 1.82) is 0 Å². The molecule has 2 aromatic carbocycles. The molecule has 1 heterocycles. The van der Waals surface area contributed by atoms with E-state index < -0.39 is 11.9 Å². The van der Waals surface area contributed by atoms with E-state index in [0.717, 1.165) is 43.0 Å². The number of carbonyl (C=O) groups is 3. The van der Waals surface area contributed by atoms with Crippen LogP contribution in [0.15, 0.2) is 42.6 Å². The SMILES string of the molecule is CC(=O)Nc1cccc2c1ccn2CC(=O)NC1CC(C(=O)N[C@H](c2c(F)ccc(Cl)c2Cl)C23CCC(CC2)C3)C1. The van der Waals surface area contributed by atoms with Gasteiger partial charge in [-0.15, -0.1) is 0 Å². The third kappa shape index (κ3) is 5.32. The van der Waals surface area contributed by atoms with E-state index >= 15 is 4.39 Å². The molecule has 3 saturated carbocycles. The maximum absolute atomic E-state index is 15.2. The number of hydrogen-bond donors (Lipinski definition) is 3. The van der Waals surface area contributed by atoms with E-state index in [1.165, 1.54) is 19.1 Å². The van der Waals surface area contributed by atoms with Gasteiger partial charge in [0.05, 0.1) is 27.3 Å². The number of nitrogens with one attached hydrogen (secondary N) is 3. The highest BCUT2D eigenvalue weighted by atomic mass is 35.5. The van der Waals surface area contributed by atoms with Crippen LogP contribution in [0.2, 0.25) is 10.0 Å². The number of aromatic nitrogens is 1. The molecule has 10 heteroatoms. The number of benzene rings is 2. The van der Waals surface area contributed by atoms with Crippen molar-refractivity contribution in [2.24, 2.45) is 17.3 Å². The van der Waals surface area contributed by atoms with Crippen LogP contribution in [-0.4, -0.2) is 28.3 Å². The second-order valence-corrected chi connectivity index (χ2v) is 12.8. The highest BCUT2D eigenvalue weighted by Gasteiger charge is 2.52. The van der Waals surface area contributed by atoms with Crippen molar-refractivity contribution in [2.45, 2.75) is 70.5 Å². The van der Waals surface area contributed by atoms with Crippen LogP contribution in [0.1, 0.15) is 63.5 Å². The van der Waals surface area contributed by atoms with Gasteiger partial charge in [0.1, 0.15) is 12.4 Å². The van der Waals surface area contributed by atoms with E-state index in [9.17, 15) is 14.4 Å². The third-order valence-electron chi connectivity index (χ3n) is 9.38. The first-order chi connectivity index (χ1) is 19.6. The summed E-state index contributed by atoms with van der Waals surface area (Å²) in [5.41, 5.74) is 1.62. The summed E-state index contributed by atoms with van der Waals surface area (Å²) in [5.74, 6) is -0.560. The molecule has 0 saturated heterocycles. The van der Waals surface area contributed by atoms with Gasteiger partial charge in [-0.1, -0.05) is 29.3 Å². The summed E-state index contributed by atoms with van der Waals surface area (Å²) in [6.45, 7) is 1.58. The maximum Gasteiger partial charge on any atom is 0.240 e. The summed E-state index contributed by atoms with van der Waals surface area (Å²) in [6.07, 6.45) is 7.81. The van der Waals surface area contributed by atoms with Gasteiger partial charge in [-0.25, -0.2) is 4.39 Å². The van der Waals surface area contributed by atoms with Crippen LogP contribution in [0.3, 0.4) is 0 Å². The zero-order valence-corrected chi connectivity index (χ0v) is 24.3. The molecular formula is C31H33Cl2FN4O3. The van der Waals surface area contributed by atoms with E-state index in [0.29, 0.717) is 30.0 Å². The number of halogens is 3. The molecule has 0 aliphatic heterocycles. The topological polar surface area (TPSA) is 92.2 Å². The van der Waals surface area contributed by atoms with Gasteiger partial charge in [-0.3, -0.25) is 14.4 Å². The van der Waals surface area contributed by atoms with Crippen LogP contribution in [0, 0.1) is 23.1 Å². The van der Waals surface area contributed by atoms with Gasteiger partial charge in [0.15, 0.2) is 0 Å². The summed E-state index contributed by atoms with van der Waals surface area (Å²) in [7, 11) is 0. The van der Waals surface area contributed by atoms with Crippen molar-refractivity contribution >= 4 is 57.5 Å². The molecule has 3 fully saturated rings. The maximum atomic E-state index is 15.2. The Morgan fingerprint density at radius 3 is 2.54 bits per heavy atom. The Morgan fingerprint density at radius 1 is 1.10 bits per heavy atom. The predicted octanol–water partition coefficient (Wildman–Crippen LogP) is 6.38. The van der Waals surface area contributed by atoms with E-state index in [2.05, 4.69) is 16.0 Å².